The first-order valence-electron chi connectivity index (χ1n) is 8.26. The molecule has 130 valence electrons. The molecule has 0 saturated heterocycles. The number of rotatable bonds is 4. The molecule has 1 heterocycles. The molecule has 0 aromatic heterocycles. The minimum absolute atomic E-state index is 0.0377. The lowest BCUT2D eigenvalue weighted by Crippen LogP contribution is -2.21. The summed E-state index contributed by atoms with van der Waals surface area (Å²) in [6, 6.07) is 13.2. The van der Waals surface area contributed by atoms with Crippen LogP contribution < -0.4 is 9.47 Å². The van der Waals surface area contributed by atoms with Gasteiger partial charge in [-0.2, -0.15) is 0 Å². The van der Waals surface area contributed by atoms with E-state index in [2.05, 4.69) is 0 Å². The van der Waals surface area contributed by atoms with Crippen LogP contribution in [0.25, 0.3) is 6.08 Å². The van der Waals surface area contributed by atoms with Crippen LogP contribution in [0.2, 0.25) is 0 Å². The van der Waals surface area contributed by atoms with E-state index in [4.69, 9.17) is 9.47 Å². The van der Waals surface area contributed by atoms with Gasteiger partial charge in [0.25, 0.3) is 0 Å². The molecule has 3 rings (SSSR count). The second-order valence-corrected chi connectivity index (χ2v) is 6.69. The van der Waals surface area contributed by atoms with Gasteiger partial charge < -0.3 is 14.6 Å². The maximum absolute atomic E-state index is 12.6. The van der Waals surface area contributed by atoms with Crippen LogP contribution >= 0.6 is 0 Å². The van der Waals surface area contributed by atoms with E-state index >= 15 is 0 Å². The lowest BCUT2D eigenvalue weighted by Gasteiger charge is -2.27. The number of aliphatic hydroxyl groups is 1. The minimum Gasteiger partial charge on any atom is -0.496 e. The van der Waals surface area contributed by atoms with E-state index in [1.807, 2.05) is 30.3 Å². The van der Waals surface area contributed by atoms with Crippen molar-refractivity contribution < 1.29 is 19.4 Å². The molecule has 0 amide bonds. The Bertz CT molecular complexity index is 801. The average molecular weight is 338 g/mol. The first-order valence-corrected chi connectivity index (χ1v) is 8.26. The number of carbonyl (C=O) groups is 1. The van der Waals surface area contributed by atoms with Gasteiger partial charge in [-0.1, -0.05) is 36.4 Å². The van der Waals surface area contributed by atoms with Crippen LogP contribution in [0.5, 0.6) is 11.5 Å². The van der Waals surface area contributed by atoms with E-state index in [-0.39, 0.29) is 11.9 Å². The molecule has 1 atom stereocenters. The Hall–Kier alpha value is -2.59. The fraction of sp³-hybridized carbons (Fsp3) is 0.286. The summed E-state index contributed by atoms with van der Waals surface area (Å²) in [5.74, 6) is 1.14. The Morgan fingerprint density at radius 3 is 2.56 bits per heavy atom. The first kappa shape index (κ1) is 17.2. The summed E-state index contributed by atoms with van der Waals surface area (Å²) < 4.78 is 11.6. The van der Waals surface area contributed by atoms with Gasteiger partial charge in [-0.05, 0) is 37.6 Å². The average Bonchev–Trinajstić information content (AvgIpc) is 2.59. The highest BCUT2D eigenvalue weighted by Gasteiger charge is 2.30. The molecule has 4 nitrogen and oxygen atoms in total. The number of hydrogen-bond acceptors (Lipinski definition) is 4. The molecule has 0 spiro atoms. The maximum Gasteiger partial charge on any atom is 0.170 e. The zero-order chi connectivity index (χ0) is 18.0. The van der Waals surface area contributed by atoms with Gasteiger partial charge in [-0.15, -0.1) is 0 Å². The smallest absolute Gasteiger partial charge is 0.170 e. The van der Waals surface area contributed by atoms with Crippen LogP contribution in [0.4, 0.5) is 0 Å². The van der Waals surface area contributed by atoms with Crippen LogP contribution in [0, 0.1) is 0 Å². The Balaban J connectivity index is 2.08. The van der Waals surface area contributed by atoms with Crippen molar-refractivity contribution in [1.29, 1.82) is 0 Å². The zero-order valence-corrected chi connectivity index (χ0v) is 14.7. The number of fused-ring (bicyclic) bond motifs is 1. The molecular formula is C21H22O4. The summed E-state index contributed by atoms with van der Waals surface area (Å²) >= 11 is 0. The number of methoxy groups -OCH3 is 1. The highest BCUT2D eigenvalue weighted by atomic mass is 16.5. The van der Waals surface area contributed by atoms with E-state index in [0.29, 0.717) is 29.0 Å². The zero-order valence-electron chi connectivity index (χ0n) is 14.7. The first-order chi connectivity index (χ1) is 11.9. The normalized spacial score (nSPS) is 17.3. The van der Waals surface area contributed by atoms with Gasteiger partial charge in [0.1, 0.15) is 17.6 Å². The molecule has 1 aliphatic heterocycles. The van der Waals surface area contributed by atoms with E-state index < -0.39 is 5.60 Å². The summed E-state index contributed by atoms with van der Waals surface area (Å²) in [5.41, 5.74) is 1.19. The van der Waals surface area contributed by atoms with Gasteiger partial charge >= 0.3 is 0 Å². The summed E-state index contributed by atoms with van der Waals surface area (Å²) in [4.78, 5) is 12.6. The summed E-state index contributed by atoms with van der Waals surface area (Å²) in [7, 11) is 1.57. The second-order valence-electron chi connectivity index (χ2n) is 6.69. The number of ketones is 1. The molecule has 4 heteroatoms. The van der Waals surface area contributed by atoms with E-state index in [0.717, 1.165) is 5.56 Å². The van der Waals surface area contributed by atoms with E-state index in [1.165, 1.54) is 0 Å². The lowest BCUT2D eigenvalue weighted by atomic mass is 9.93. The monoisotopic (exact) mass is 338 g/mol. The Morgan fingerprint density at radius 2 is 1.92 bits per heavy atom. The van der Waals surface area contributed by atoms with Crippen molar-refractivity contribution >= 4 is 11.9 Å². The fourth-order valence-corrected chi connectivity index (χ4v) is 2.87. The van der Waals surface area contributed by atoms with Crippen LogP contribution in [0.15, 0.2) is 48.5 Å². The molecular weight excluding hydrogens is 316 g/mol. The summed E-state index contributed by atoms with van der Waals surface area (Å²) in [6.07, 6.45) is 3.38. The molecule has 0 fully saturated rings. The van der Waals surface area contributed by atoms with Gasteiger partial charge in [0.15, 0.2) is 5.78 Å². The van der Waals surface area contributed by atoms with Crippen LogP contribution in [-0.4, -0.2) is 23.6 Å². The Labute approximate surface area is 147 Å². The molecule has 1 aliphatic rings. The van der Waals surface area contributed by atoms with Crippen molar-refractivity contribution in [2.24, 2.45) is 0 Å². The quantitative estimate of drug-likeness (QED) is 0.908. The Morgan fingerprint density at radius 1 is 1.20 bits per heavy atom. The highest BCUT2D eigenvalue weighted by molar-refractivity contribution is 6.01. The SMILES string of the molecule is COc1ccc2c(c1C=CC(C)(C)O)O[C@H](c1ccccc1)CC2=O. The van der Waals surface area contributed by atoms with Crippen LogP contribution in [0.1, 0.15) is 47.9 Å². The molecule has 2 aromatic carbocycles. The minimum atomic E-state index is -0.981. The van der Waals surface area contributed by atoms with Crippen molar-refractivity contribution in [3.05, 3.63) is 65.2 Å². The van der Waals surface area contributed by atoms with Gasteiger partial charge in [-0.3, -0.25) is 4.79 Å². The lowest BCUT2D eigenvalue weighted by molar-refractivity contribution is 0.0849. The van der Waals surface area contributed by atoms with Gasteiger partial charge in [-0.25, -0.2) is 0 Å². The molecule has 0 aliphatic carbocycles. The fourth-order valence-electron chi connectivity index (χ4n) is 2.87. The second kappa shape index (κ2) is 6.73. The summed E-state index contributed by atoms with van der Waals surface area (Å²) in [5, 5.41) is 9.99. The maximum atomic E-state index is 12.6. The predicted octanol–water partition coefficient (Wildman–Crippen LogP) is 4.19. The highest BCUT2D eigenvalue weighted by Crippen LogP contribution is 2.41. The molecule has 0 bridgehead atoms. The number of ether oxygens (including phenoxy) is 2. The van der Waals surface area contributed by atoms with Gasteiger partial charge in [0, 0.05) is 0 Å². The number of Topliss-reactive ketones (excluding diaryl/α,β-unsaturated/α-hetero) is 1. The summed E-state index contributed by atoms with van der Waals surface area (Å²) in [6.45, 7) is 3.37. The van der Waals surface area contributed by atoms with E-state index in [9.17, 15) is 9.90 Å². The molecule has 1 N–H and O–H groups in total. The van der Waals surface area contributed by atoms with Gasteiger partial charge in [0.05, 0.1) is 30.3 Å². The predicted molar refractivity (Wildman–Crippen MR) is 97.1 cm³/mol. The van der Waals surface area contributed by atoms with E-state index in [1.54, 1.807) is 45.2 Å². The van der Waals surface area contributed by atoms with Crippen molar-refractivity contribution in [2.75, 3.05) is 7.11 Å². The molecule has 0 saturated carbocycles. The van der Waals surface area contributed by atoms with Crippen LogP contribution in [0.3, 0.4) is 0 Å². The van der Waals surface area contributed by atoms with Crippen LogP contribution in [-0.2, 0) is 0 Å². The molecule has 25 heavy (non-hydrogen) atoms. The third-order valence-electron chi connectivity index (χ3n) is 4.14. The van der Waals surface area contributed by atoms with Crippen molar-refractivity contribution in [3.63, 3.8) is 0 Å². The van der Waals surface area contributed by atoms with Crippen molar-refractivity contribution in [3.8, 4) is 11.5 Å². The standard InChI is InChI=1S/C21H22O4/c1-21(2,23)12-11-16-18(24-3)10-9-15-17(22)13-19(25-20(15)16)14-7-5-4-6-8-14/h4-12,19,23H,13H2,1-3H3/t19-/m0/s1. The van der Waals surface area contributed by atoms with Crippen molar-refractivity contribution in [1.82, 2.24) is 0 Å². The topological polar surface area (TPSA) is 55.8 Å². The number of benzene rings is 2. The third-order valence-corrected chi connectivity index (χ3v) is 4.14. The molecule has 0 radical (unpaired) electrons. The molecule has 0 unspecified atom stereocenters. The third kappa shape index (κ3) is 3.74. The largest absolute Gasteiger partial charge is 0.496 e. The Kier molecular flexibility index (Phi) is 4.64. The number of carbonyl (C=O) groups excluding carboxylic acids is 1. The van der Waals surface area contributed by atoms with Crippen molar-refractivity contribution in [2.45, 2.75) is 32.0 Å². The molecule has 2 aromatic rings. The van der Waals surface area contributed by atoms with Gasteiger partial charge in [0.2, 0.25) is 0 Å². The number of hydrogen-bond donors (Lipinski definition) is 1.